The van der Waals surface area contributed by atoms with E-state index in [0.717, 1.165) is 9.36 Å². The molecule has 0 unspecified atom stereocenters. The molecule has 0 aliphatic carbocycles. The summed E-state index contributed by atoms with van der Waals surface area (Å²) in [7, 11) is 0. The number of tetrazole rings is 1. The molecule has 10 heteroatoms. The van der Waals surface area contributed by atoms with Crippen molar-refractivity contribution in [2.75, 3.05) is 18.5 Å². The van der Waals surface area contributed by atoms with E-state index in [2.05, 4.69) is 15.7 Å². The third kappa shape index (κ3) is 4.75. The van der Waals surface area contributed by atoms with Crippen LogP contribution in [0.25, 0.3) is 5.69 Å². The number of hydrogen-bond donors (Lipinski definition) is 1. The van der Waals surface area contributed by atoms with Gasteiger partial charge in [-0.1, -0.05) is 23.7 Å². The van der Waals surface area contributed by atoms with Gasteiger partial charge in [-0.2, -0.15) is 9.36 Å². The fourth-order valence-corrected chi connectivity index (χ4v) is 2.83. The van der Waals surface area contributed by atoms with E-state index in [9.17, 15) is 9.59 Å². The lowest BCUT2D eigenvalue weighted by atomic mass is 10.2. The maximum Gasteiger partial charge on any atom is 0.369 e. The molecule has 29 heavy (non-hydrogen) atoms. The summed E-state index contributed by atoms with van der Waals surface area (Å²) in [4.78, 5) is 24.9. The largest absolute Gasteiger partial charge is 0.490 e. The standard InChI is InChI=1S/C19H20ClN5O4/c1-3-28-16-10-9-13(11-17(16)29-4-2)21-18(26)12-24-19(27)25(23-22-24)15-8-6-5-7-14(15)20/h5-11H,3-4,12H2,1-2H3,(H,21,26). The minimum Gasteiger partial charge on any atom is -0.490 e. The lowest BCUT2D eigenvalue weighted by Crippen LogP contribution is -2.29. The van der Waals surface area contributed by atoms with Crippen molar-refractivity contribution >= 4 is 23.2 Å². The molecular formula is C19H20ClN5O4. The van der Waals surface area contributed by atoms with Crippen molar-refractivity contribution in [2.45, 2.75) is 20.4 Å². The summed E-state index contributed by atoms with van der Waals surface area (Å²) < 4.78 is 13.0. The molecule has 0 atom stereocenters. The second-order valence-corrected chi connectivity index (χ2v) is 6.27. The Bertz CT molecular complexity index is 1060. The maximum absolute atomic E-state index is 12.5. The van der Waals surface area contributed by atoms with Gasteiger partial charge in [0.1, 0.15) is 6.54 Å². The number of amides is 1. The number of halogens is 1. The zero-order chi connectivity index (χ0) is 20.8. The lowest BCUT2D eigenvalue weighted by Gasteiger charge is -2.12. The Morgan fingerprint density at radius 1 is 1.07 bits per heavy atom. The smallest absolute Gasteiger partial charge is 0.369 e. The van der Waals surface area contributed by atoms with Gasteiger partial charge in [-0.15, -0.1) is 0 Å². The van der Waals surface area contributed by atoms with Crippen LogP contribution in [0.3, 0.4) is 0 Å². The molecule has 0 spiro atoms. The topological polar surface area (TPSA) is 100 Å². The Kier molecular flexibility index (Phi) is 6.50. The molecule has 152 valence electrons. The molecule has 0 fully saturated rings. The van der Waals surface area contributed by atoms with Gasteiger partial charge < -0.3 is 14.8 Å². The highest BCUT2D eigenvalue weighted by Crippen LogP contribution is 2.30. The van der Waals surface area contributed by atoms with Gasteiger partial charge in [-0.3, -0.25) is 4.79 Å². The van der Waals surface area contributed by atoms with Crippen molar-refractivity contribution < 1.29 is 14.3 Å². The Labute approximate surface area is 171 Å². The van der Waals surface area contributed by atoms with Crippen LogP contribution in [0.4, 0.5) is 5.69 Å². The predicted molar refractivity (Wildman–Crippen MR) is 108 cm³/mol. The molecule has 3 aromatic rings. The summed E-state index contributed by atoms with van der Waals surface area (Å²) in [6.07, 6.45) is 0. The van der Waals surface area contributed by atoms with E-state index < -0.39 is 11.6 Å². The van der Waals surface area contributed by atoms with Crippen molar-refractivity contribution in [1.29, 1.82) is 0 Å². The Morgan fingerprint density at radius 3 is 2.52 bits per heavy atom. The van der Waals surface area contributed by atoms with Gasteiger partial charge in [0.15, 0.2) is 11.5 Å². The number of hydrogen-bond acceptors (Lipinski definition) is 6. The maximum atomic E-state index is 12.5. The van der Waals surface area contributed by atoms with Gasteiger partial charge in [-0.05, 0) is 48.5 Å². The van der Waals surface area contributed by atoms with E-state index in [1.54, 1.807) is 42.5 Å². The Balaban J connectivity index is 1.74. The average molecular weight is 418 g/mol. The molecule has 0 bridgehead atoms. The van der Waals surface area contributed by atoms with Crippen molar-refractivity contribution in [1.82, 2.24) is 19.8 Å². The van der Waals surface area contributed by atoms with E-state index in [-0.39, 0.29) is 6.54 Å². The molecule has 0 aliphatic heterocycles. The fourth-order valence-electron chi connectivity index (χ4n) is 2.61. The second kappa shape index (κ2) is 9.24. The van der Waals surface area contributed by atoms with Crippen LogP contribution in [0, 0.1) is 0 Å². The van der Waals surface area contributed by atoms with Crippen LogP contribution in [-0.4, -0.2) is 38.9 Å². The normalized spacial score (nSPS) is 10.6. The van der Waals surface area contributed by atoms with E-state index in [1.807, 2.05) is 13.8 Å². The fraction of sp³-hybridized carbons (Fsp3) is 0.263. The summed E-state index contributed by atoms with van der Waals surface area (Å²) >= 11 is 6.09. The summed E-state index contributed by atoms with van der Waals surface area (Å²) in [6, 6.07) is 11.8. The van der Waals surface area contributed by atoms with Crippen molar-refractivity contribution in [3.05, 3.63) is 58.0 Å². The number of benzene rings is 2. The Morgan fingerprint density at radius 2 is 1.79 bits per heavy atom. The number of para-hydroxylation sites is 1. The molecule has 1 aromatic heterocycles. The summed E-state index contributed by atoms with van der Waals surface area (Å²) in [6.45, 7) is 4.38. The highest BCUT2D eigenvalue weighted by molar-refractivity contribution is 6.32. The van der Waals surface area contributed by atoms with Crippen molar-refractivity contribution in [3.8, 4) is 17.2 Å². The van der Waals surface area contributed by atoms with Crippen LogP contribution < -0.4 is 20.5 Å². The van der Waals surface area contributed by atoms with Crippen LogP contribution in [0.5, 0.6) is 11.5 Å². The predicted octanol–water partition coefficient (Wildman–Crippen LogP) is 2.52. The first kappa shape index (κ1) is 20.4. The molecule has 0 saturated carbocycles. The van der Waals surface area contributed by atoms with Crippen LogP contribution in [-0.2, 0) is 11.3 Å². The minimum absolute atomic E-state index is 0.305. The molecule has 3 rings (SSSR count). The van der Waals surface area contributed by atoms with E-state index in [0.29, 0.717) is 41.1 Å². The van der Waals surface area contributed by atoms with Crippen LogP contribution >= 0.6 is 11.6 Å². The highest BCUT2D eigenvalue weighted by atomic mass is 35.5. The van der Waals surface area contributed by atoms with Crippen LogP contribution in [0.15, 0.2) is 47.3 Å². The quantitative estimate of drug-likeness (QED) is 0.604. The molecule has 0 radical (unpaired) electrons. The third-order valence-corrected chi connectivity index (χ3v) is 4.16. The zero-order valence-corrected chi connectivity index (χ0v) is 16.7. The van der Waals surface area contributed by atoms with Crippen LogP contribution in [0.1, 0.15) is 13.8 Å². The van der Waals surface area contributed by atoms with Crippen molar-refractivity contribution in [3.63, 3.8) is 0 Å². The number of carbonyl (C=O) groups is 1. The molecule has 1 N–H and O–H groups in total. The van der Waals surface area contributed by atoms with Gasteiger partial charge in [0, 0.05) is 11.8 Å². The number of nitrogens with zero attached hydrogens (tertiary/aromatic N) is 4. The lowest BCUT2D eigenvalue weighted by molar-refractivity contribution is -0.117. The number of anilines is 1. The third-order valence-electron chi connectivity index (χ3n) is 3.84. The number of carbonyl (C=O) groups excluding carboxylic acids is 1. The number of ether oxygens (including phenoxy) is 2. The van der Waals surface area contributed by atoms with Crippen molar-refractivity contribution in [2.24, 2.45) is 0 Å². The molecular weight excluding hydrogens is 398 g/mol. The van der Waals surface area contributed by atoms with Gasteiger partial charge in [0.05, 0.1) is 23.9 Å². The van der Waals surface area contributed by atoms with E-state index in [4.69, 9.17) is 21.1 Å². The van der Waals surface area contributed by atoms with E-state index >= 15 is 0 Å². The van der Waals surface area contributed by atoms with Gasteiger partial charge >= 0.3 is 5.69 Å². The number of aromatic nitrogens is 4. The molecule has 0 saturated heterocycles. The molecule has 1 heterocycles. The Hall–Kier alpha value is -3.33. The average Bonchev–Trinajstić information content (AvgIpc) is 3.05. The molecule has 2 aromatic carbocycles. The first-order valence-corrected chi connectivity index (χ1v) is 9.38. The first-order chi connectivity index (χ1) is 14.0. The van der Waals surface area contributed by atoms with Crippen LogP contribution in [0.2, 0.25) is 5.02 Å². The zero-order valence-electron chi connectivity index (χ0n) is 16.0. The first-order valence-electron chi connectivity index (χ1n) is 9.00. The molecule has 1 amide bonds. The summed E-state index contributed by atoms with van der Waals surface area (Å²) in [5.41, 5.74) is 0.321. The van der Waals surface area contributed by atoms with E-state index in [1.165, 1.54) is 0 Å². The van der Waals surface area contributed by atoms with Gasteiger partial charge in [0.2, 0.25) is 5.91 Å². The molecule has 0 aliphatic rings. The summed E-state index contributed by atoms with van der Waals surface area (Å²) in [5, 5.41) is 10.6. The number of rotatable bonds is 8. The molecule has 9 nitrogen and oxygen atoms in total. The van der Waals surface area contributed by atoms with Gasteiger partial charge in [-0.25, -0.2) is 4.79 Å². The highest BCUT2D eigenvalue weighted by Gasteiger charge is 2.15. The second-order valence-electron chi connectivity index (χ2n) is 5.86. The monoisotopic (exact) mass is 417 g/mol. The summed E-state index contributed by atoms with van der Waals surface area (Å²) in [5.74, 6) is 0.671. The minimum atomic E-state index is -0.574. The SMILES string of the molecule is CCOc1ccc(NC(=O)Cn2nnn(-c3ccccc3Cl)c2=O)cc1OCC. The van der Waals surface area contributed by atoms with Gasteiger partial charge in [0.25, 0.3) is 0 Å². The number of nitrogens with one attached hydrogen (secondary N) is 1.